The Morgan fingerprint density at radius 3 is 2.41 bits per heavy atom. The lowest BCUT2D eigenvalue weighted by Crippen LogP contribution is -2.44. The molecule has 1 heterocycles. The van der Waals surface area contributed by atoms with Crippen LogP contribution in [-0.2, 0) is 9.16 Å². The summed E-state index contributed by atoms with van der Waals surface area (Å²) in [6.45, 7) is 11.5. The first-order chi connectivity index (χ1) is 7.67. The van der Waals surface area contributed by atoms with Gasteiger partial charge in [-0.25, -0.2) is 0 Å². The molecule has 17 heavy (non-hydrogen) atoms. The number of aliphatic hydroxyl groups excluding tert-OH is 1. The molecule has 0 amide bonds. The second-order valence-corrected chi connectivity index (χ2v) is 11.0. The second kappa shape index (κ2) is 5.11. The van der Waals surface area contributed by atoms with Gasteiger partial charge >= 0.3 is 0 Å². The number of terminal acetylenes is 1. The monoisotopic (exact) mass is 256 g/mol. The number of rotatable bonds is 5. The molecule has 0 aliphatic carbocycles. The Labute approximate surface area is 106 Å². The molecule has 0 spiro atoms. The van der Waals surface area contributed by atoms with Crippen molar-refractivity contribution in [1.82, 2.24) is 0 Å². The van der Waals surface area contributed by atoms with Crippen LogP contribution in [0.3, 0.4) is 0 Å². The summed E-state index contributed by atoms with van der Waals surface area (Å²) >= 11 is 0. The van der Waals surface area contributed by atoms with Crippen LogP contribution in [0.2, 0.25) is 18.1 Å². The topological polar surface area (TPSA) is 42.0 Å². The summed E-state index contributed by atoms with van der Waals surface area (Å²) in [5, 5.41) is 9.93. The minimum absolute atomic E-state index is 0.0335. The van der Waals surface area contributed by atoms with Gasteiger partial charge in [-0.3, -0.25) is 0 Å². The van der Waals surface area contributed by atoms with Crippen molar-refractivity contribution in [2.75, 3.05) is 6.61 Å². The third-order valence-corrected chi connectivity index (χ3v) is 8.16. The van der Waals surface area contributed by atoms with Crippen molar-refractivity contribution in [2.24, 2.45) is 0 Å². The SMILES string of the molecule is C#C[C@@H](C[C@H](O)C1CO1)O[Si](C)(C)C(C)(C)C. The summed E-state index contributed by atoms with van der Waals surface area (Å²) < 4.78 is 11.1. The number of ether oxygens (including phenoxy) is 1. The van der Waals surface area contributed by atoms with Gasteiger partial charge in [0.1, 0.15) is 12.2 Å². The quantitative estimate of drug-likeness (QED) is 0.465. The molecule has 0 radical (unpaired) electrons. The van der Waals surface area contributed by atoms with Gasteiger partial charge in [0.05, 0.1) is 12.7 Å². The highest BCUT2D eigenvalue weighted by Crippen LogP contribution is 2.37. The lowest BCUT2D eigenvalue weighted by Gasteiger charge is -2.38. The molecule has 0 bridgehead atoms. The molecule has 0 aromatic carbocycles. The van der Waals surface area contributed by atoms with Crippen LogP contribution < -0.4 is 0 Å². The predicted molar refractivity (Wildman–Crippen MR) is 71.3 cm³/mol. The molecule has 1 fully saturated rings. The standard InChI is InChI=1S/C13H24O3Si/c1-7-10(8-11(14)12-9-15-12)16-17(5,6)13(2,3)4/h1,10-12,14H,8-9H2,2-6H3/t10-,11-,12?/m0/s1. The summed E-state index contributed by atoms with van der Waals surface area (Å²) in [4.78, 5) is 0. The first-order valence-electron chi connectivity index (χ1n) is 6.11. The molecule has 1 saturated heterocycles. The minimum atomic E-state index is -1.86. The number of hydrogen-bond acceptors (Lipinski definition) is 3. The van der Waals surface area contributed by atoms with Crippen molar-refractivity contribution in [2.45, 2.75) is 63.6 Å². The van der Waals surface area contributed by atoms with Crippen LogP contribution in [0.5, 0.6) is 0 Å². The van der Waals surface area contributed by atoms with Gasteiger partial charge in [-0.2, -0.15) is 0 Å². The van der Waals surface area contributed by atoms with Gasteiger partial charge in [-0.1, -0.05) is 26.7 Å². The van der Waals surface area contributed by atoms with Gasteiger partial charge in [-0.15, -0.1) is 6.42 Å². The van der Waals surface area contributed by atoms with Crippen LogP contribution in [0.25, 0.3) is 0 Å². The highest BCUT2D eigenvalue weighted by Gasteiger charge is 2.40. The number of epoxide rings is 1. The Morgan fingerprint density at radius 2 is 2.06 bits per heavy atom. The zero-order valence-electron chi connectivity index (χ0n) is 11.5. The Kier molecular flexibility index (Phi) is 4.42. The van der Waals surface area contributed by atoms with E-state index in [9.17, 15) is 5.11 Å². The maximum Gasteiger partial charge on any atom is 0.193 e. The van der Waals surface area contributed by atoms with Crippen LogP contribution in [-0.4, -0.2) is 38.3 Å². The molecule has 0 aromatic heterocycles. The smallest absolute Gasteiger partial charge is 0.193 e. The molecule has 1 N–H and O–H groups in total. The largest absolute Gasteiger partial charge is 0.403 e. The van der Waals surface area contributed by atoms with E-state index in [4.69, 9.17) is 15.6 Å². The van der Waals surface area contributed by atoms with Crippen molar-refractivity contribution >= 4 is 8.32 Å². The van der Waals surface area contributed by atoms with Gasteiger partial charge in [0.25, 0.3) is 0 Å². The van der Waals surface area contributed by atoms with Crippen molar-refractivity contribution < 1.29 is 14.3 Å². The van der Waals surface area contributed by atoms with Gasteiger partial charge < -0.3 is 14.3 Å². The van der Waals surface area contributed by atoms with Crippen molar-refractivity contribution in [3.05, 3.63) is 0 Å². The van der Waals surface area contributed by atoms with Crippen LogP contribution in [0.15, 0.2) is 0 Å². The molecule has 1 rings (SSSR count). The maximum atomic E-state index is 9.80. The van der Waals surface area contributed by atoms with E-state index in [0.717, 1.165) is 0 Å². The molecule has 1 aliphatic rings. The fourth-order valence-corrected chi connectivity index (χ4v) is 2.56. The minimum Gasteiger partial charge on any atom is -0.403 e. The summed E-state index contributed by atoms with van der Waals surface area (Å²) in [6.07, 6.45) is 5.11. The Bertz CT molecular complexity index is 297. The third kappa shape index (κ3) is 4.11. The average Bonchev–Trinajstić information content (AvgIpc) is 2.97. The fourth-order valence-electron chi connectivity index (χ4n) is 1.33. The number of hydrogen-bond donors (Lipinski definition) is 1. The van der Waals surface area contributed by atoms with Crippen LogP contribution in [0.1, 0.15) is 27.2 Å². The summed E-state index contributed by atoms with van der Waals surface area (Å²) in [7, 11) is -1.86. The van der Waals surface area contributed by atoms with Crippen LogP contribution in [0, 0.1) is 12.3 Å². The maximum absolute atomic E-state index is 9.80. The van der Waals surface area contributed by atoms with E-state index in [-0.39, 0.29) is 17.2 Å². The zero-order chi connectivity index (χ0) is 13.3. The van der Waals surface area contributed by atoms with Gasteiger partial charge in [0.2, 0.25) is 0 Å². The summed E-state index contributed by atoms with van der Waals surface area (Å²) in [6, 6.07) is 0. The van der Waals surface area contributed by atoms with Crippen molar-refractivity contribution in [3.63, 3.8) is 0 Å². The highest BCUT2D eigenvalue weighted by molar-refractivity contribution is 6.74. The second-order valence-electron chi connectivity index (χ2n) is 6.21. The van der Waals surface area contributed by atoms with E-state index in [1.165, 1.54) is 0 Å². The lowest BCUT2D eigenvalue weighted by molar-refractivity contribution is 0.0874. The average molecular weight is 256 g/mol. The molecule has 1 unspecified atom stereocenters. The lowest BCUT2D eigenvalue weighted by atomic mass is 10.1. The number of aliphatic hydroxyl groups is 1. The van der Waals surface area contributed by atoms with E-state index >= 15 is 0 Å². The van der Waals surface area contributed by atoms with E-state index in [1.54, 1.807) is 0 Å². The van der Waals surface area contributed by atoms with Crippen molar-refractivity contribution in [3.8, 4) is 12.3 Å². The Morgan fingerprint density at radius 1 is 1.53 bits per heavy atom. The van der Waals surface area contributed by atoms with E-state index < -0.39 is 14.4 Å². The molecule has 98 valence electrons. The fraction of sp³-hybridized carbons (Fsp3) is 0.846. The Balaban J connectivity index is 2.54. The summed E-state index contributed by atoms with van der Waals surface area (Å²) in [5.74, 6) is 2.64. The first kappa shape index (κ1) is 14.7. The van der Waals surface area contributed by atoms with E-state index in [1.807, 2.05) is 0 Å². The van der Waals surface area contributed by atoms with Gasteiger partial charge in [0.15, 0.2) is 8.32 Å². The Hall–Kier alpha value is -0.343. The van der Waals surface area contributed by atoms with Gasteiger partial charge in [-0.05, 0) is 18.1 Å². The summed E-state index contributed by atoms with van der Waals surface area (Å²) in [5.41, 5.74) is 0. The van der Waals surface area contributed by atoms with Gasteiger partial charge in [0, 0.05) is 6.42 Å². The molecule has 3 atom stereocenters. The predicted octanol–water partition coefficient (Wildman–Crippen LogP) is 2.16. The van der Waals surface area contributed by atoms with E-state index in [0.29, 0.717) is 13.0 Å². The molecular weight excluding hydrogens is 232 g/mol. The first-order valence-corrected chi connectivity index (χ1v) is 9.02. The molecule has 0 aromatic rings. The third-order valence-electron chi connectivity index (χ3n) is 3.67. The zero-order valence-corrected chi connectivity index (χ0v) is 12.5. The van der Waals surface area contributed by atoms with Crippen molar-refractivity contribution in [1.29, 1.82) is 0 Å². The molecule has 1 aliphatic heterocycles. The van der Waals surface area contributed by atoms with Crippen LogP contribution >= 0.6 is 0 Å². The van der Waals surface area contributed by atoms with Crippen LogP contribution in [0.4, 0.5) is 0 Å². The molecule has 4 heteroatoms. The molecular formula is C13H24O3Si. The van der Waals surface area contributed by atoms with E-state index in [2.05, 4.69) is 39.8 Å². The highest BCUT2D eigenvalue weighted by atomic mass is 28.4. The molecule has 0 saturated carbocycles. The molecule has 3 nitrogen and oxygen atoms in total. The normalized spacial score (nSPS) is 23.9.